The number of aryl methyl sites for hydroxylation is 1. The van der Waals surface area contributed by atoms with Gasteiger partial charge in [-0.15, -0.1) is 0 Å². The third-order valence-electron chi connectivity index (χ3n) is 4.26. The third-order valence-corrected chi connectivity index (χ3v) is 5.27. The molecule has 150 valence electrons. The summed E-state index contributed by atoms with van der Waals surface area (Å²) in [5.74, 6) is 1.58. The van der Waals surface area contributed by atoms with Crippen molar-refractivity contribution in [3.63, 3.8) is 0 Å². The third kappa shape index (κ3) is 6.18. The predicted octanol–water partition coefficient (Wildman–Crippen LogP) is 3.90. The highest BCUT2D eigenvalue weighted by atomic mass is 32.2. The molecule has 0 spiro atoms. The number of nitrogens with zero attached hydrogens (tertiary/aromatic N) is 3. The zero-order valence-electron chi connectivity index (χ0n) is 16.1. The maximum Gasteiger partial charge on any atom is 0.269 e. The normalized spacial score (nSPS) is 11.6. The van der Waals surface area contributed by atoms with Crippen molar-refractivity contribution in [1.82, 2.24) is 4.98 Å². The molecule has 7 nitrogen and oxygen atoms in total. The molecule has 3 aromatic rings. The number of hydrogen-bond donors (Lipinski definition) is 1. The summed E-state index contributed by atoms with van der Waals surface area (Å²) in [7, 11) is 0. The maximum atomic E-state index is 10.7. The minimum Gasteiger partial charge on any atom is -0.447 e. The molecule has 8 heteroatoms. The Kier molecular flexibility index (Phi) is 7.02. The first kappa shape index (κ1) is 20.6. The molecule has 3 rings (SSSR count). The number of nitro benzene ring substituents is 1. The van der Waals surface area contributed by atoms with Gasteiger partial charge < -0.3 is 10.2 Å². The zero-order valence-corrected chi connectivity index (χ0v) is 16.9. The number of non-ortho nitro benzene ring substituents is 1. The van der Waals surface area contributed by atoms with E-state index in [-0.39, 0.29) is 5.69 Å². The van der Waals surface area contributed by atoms with Crippen molar-refractivity contribution in [3.8, 4) is 0 Å². The molecule has 0 aliphatic heterocycles. The van der Waals surface area contributed by atoms with Gasteiger partial charge >= 0.3 is 0 Å². The van der Waals surface area contributed by atoms with Crippen LogP contribution in [0.4, 0.5) is 11.4 Å². The first-order chi connectivity index (χ1) is 14.0. The Bertz CT molecular complexity index is 1030. The zero-order chi connectivity index (χ0) is 20.6. The molecule has 0 radical (unpaired) electrons. The standard InChI is InChI=1S/C21H22N4O3S/c1-15-2-3-17(12-24-15)10-18-13-28-21(11-20(18)22)23-8-9-29-14-16-4-6-19(7-5-16)25(26)27/h2-7,11-13H,8-10,14,22H2,1H3. The summed E-state index contributed by atoms with van der Waals surface area (Å²) in [5.41, 5.74) is 11.4. The summed E-state index contributed by atoms with van der Waals surface area (Å²) < 4.78 is 5.60. The Morgan fingerprint density at radius 1 is 1.21 bits per heavy atom. The van der Waals surface area contributed by atoms with E-state index in [4.69, 9.17) is 10.2 Å². The van der Waals surface area contributed by atoms with E-state index >= 15 is 0 Å². The van der Waals surface area contributed by atoms with Crippen molar-refractivity contribution in [2.24, 2.45) is 4.99 Å². The lowest BCUT2D eigenvalue weighted by Gasteiger charge is -2.05. The number of hydrogen-bond acceptors (Lipinski definition) is 7. The van der Waals surface area contributed by atoms with E-state index < -0.39 is 4.92 Å². The molecule has 0 aliphatic rings. The van der Waals surface area contributed by atoms with E-state index in [0.29, 0.717) is 24.2 Å². The van der Waals surface area contributed by atoms with E-state index in [9.17, 15) is 10.1 Å². The van der Waals surface area contributed by atoms with Gasteiger partial charge in [-0.25, -0.2) is 0 Å². The van der Waals surface area contributed by atoms with Gasteiger partial charge in [-0.05, 0) is 24.1 Å². The summed E-state index contributed by atoms with van der Waals surface area (Å²) in [6.45, 7) is 2.55. The van der Waals surface area contributed by atoms with Gasteiger partial charge in [0, 0.05) is 59.3 Å². The second-order valence-corrected chi connectivity index (χ2v) is 7.65. The van der Waals surface area contributed by atoms with Crippen LogP contribution < -0.4 is 11.3 Å². The molecule has 2 aromatic heterocycles. The lowest BCUT2D eigenvalue weighted by atomic mass is 10.1. The van der Waals surface area contributed by atoms with Gasteiger partial charge in [0.2, 0.25) is 5.55 Å². The first-order valence-corrected chi connectivity index (χ1v) is 10.3. The summed E-state index contributed by atoms with van der Waals surface area (Å²) in [6.07, 6.45) is 4.15. The summed E-state index contributed by atoms with van der Waals surface area (Å²) in [5, 5.41) is 10.7. The second kappa shape index (κ2) is 9.88. The molecule has 0 aliphatic carbocycles. The monoisotopic (exact) mass is 410 g/mol. The van der Waals surface area contributed by atoms with Gasteiger partial charge in [0.1, 0.15) is 0 Å². The van der Waals surface area contributed by atoms with E-state index in [1.54, 1.807) is 36.2 Å². The van der Waals surface area contributed by atoms with E-state index in [1.165, 1.54) is 12.1 Å². The van der Waals surface area contributed by atoms with Crippen LogP contribution in [0.15, 0.2) is 64.3 Å². The topological polar surface area (TPSA) is 108 Å². The molecule has 2 heterocycles. The van der Waals surface area contributed by atoms with Crippen LogP contribution in [-0.4, -0.2) is 22.2 Å². The van der Waals surface area contributed by atoms with Crippen LogP contribution in [0, 0.1) is 17.0 Å². The number of anilines is 1. The van der Waals surface area contributed by atoms with Gasteiger partial charge in [0.05, 0.1) is 17.7 Å². The van der Waals surface area contributed by atoms with E-state index in [2.05, 4.69) is 9.98 Å². The van der Waals surface area contributed by atoms with Crippen LogP contribution >= 0.6 is 11.8 Å². The SMILES string of the molecule is Cc1ccc(Cc2coc(=NCCSCc3ccc([N+](=O)[O-])cc3)cc2N)cn1. The minimum absolute atomic E-state index is 0.107. The van der Waals surface area contributed by atoms with Gasteiger partial charge in [0.25, 0.3) is 5.69 Å². The average Bonchev–Trinajstić information content (AvgIpc) is 2.71. The molecule has 1 aromatic carbocycles. The maximum absolute atomic E-state index is 10.7. The lowest BCUT2D eigenvalue weighted by Crippen LogP contribution is -2.07. The number of nitro groups is 1. The fraction of sp³-hybridized carbons (Fsp3) is 0.238. The molecule has 2 N–H and O–H groups in total. The number of rotatable bonds is 8. The Balaban J connectivity index is 1.49. The van der Waals surface area contributed by atoms with E-state index in [1.807, 2.05) is 25.3 Å². The smallest absolute Gasteiger partial charge is 0.269 e. The van der Waals surface area contributed by atoms with Crippen molar-refractivity contribution >= 4 is 23.1 Å². The van der Waals surface area contributed by atoms with Crippen molar-refractivity contribution < 1.29 is 9.34 Å². The molecule has 0 atom stereocenters. The van der Waals surface area contributed by atoms with E-state index in [0.717, 1.165) is 33.9 Å². The Morgan fingerprint density at radius 2 is 1.97 bits per heavy atom. The largest absolute Gasteiger partial charge is 0.447 e. The number of nitrogen functional groups attached to an aromatic ring is 1. The molecule has 0 fully saturated rings. The molecule has 0 saturated heterocycles. The van der Waals surface area contributed by atoms with Crippen LogP contribution in [-0.2, 0) is 12.2 Å². The summed E-state index contributed by atoms with van der Waals surface area (Å²) in [4.78, 5) is 19.0. The summed E-state index contributed by atoms with van der Waals surface area (Å²) in [6, 6.07) is 12.4. The fourth-order valence-electron chi connectivity index (χ4n) is 2.63. The number of pyridine rings is 1. The lowest BCUT2D eigenvalue weighted by molar-refractivity contribution is -0.384. The molecular weight excluding hydrogens is 388 g/mol. The van der Waals surface area contributed by atoms with Crippen LogP contribution in [0.3, 0.4) is 0 Å². The molecule has 0 bridgehead atoms. The molecule has 0 amide bonds. The molecule has 29 heavy (non-hydrogen) atoms. The quantitative estimate of drug-likeness (QED) is 0.343. The van der Waals surface area contributed by atoms with Crippen molar-refractivity contribution in [1.29, 1.82) is 0 Å². The molecular formula is C21H22N4O3S. The number of aromatic nitrogens is 1. The number of benzene rings is 1. The van der Waals surface area contributed by atoms with Gasteiger partial charge in [-0.2, -0.15) is 11.8 Å². The van der Waals surface area contributed by atoms with Crippen LogP contribution in [0.25, 0.3) is 0 Å². The molecule has 0 saturated carbocycles. The highest BCUT2D eigenvalue weighted by molar-refractivity contribution is 7.98. The van der Waals surface area contributed by atoms with Gasteiger partial charge in [0.15, 0.2) is 0 Å². The Hall–Kier alpha value is -3.13. The van der Waals surface area contributed by atoms with Crippen LogP contribution in [0.1, 0.15) is 22.4 Å². The van der Waals surface area contributed by atoms with Crippen LogP contribution in [0.5, 0.6) is 0 Å². The average molecular weight is 410 g/mol. The van der Waals surface area contributed by atoms with Gasteiger partial charge in [-0.1, -0.05) is 18.2 Å². The highest BCUT2D eigenvalue weighted by Gasteiger charge is 2.05. The second-order valence-electron chi connectivity index (χ2n) is 6.54. The highest BCUT2D eigenvalue weighted by Crippen LogP contribution is 2.17. The number of thioether (sulfide) groups is 1. The first-order valence-electron chi connectivity index (χ1n) is 9.11. The van der Waals surface area contributed by atoms with Crippen LogP contribution in [0.2, 0.25) is 0 Å². The predicted molar refractivity (Wildman–Crippen MR) is 115 cm³/mol. The van der Waals surface area contributed by atoms with Crippen molar-refractivity contribution in [2.45, 2.75) is 19.1 Å². The van der Waals surface area contributed by atoms with Crippen molar-refractivity contribution in [2.75, 3.05) is 18.0 Å². The molecule has 0 unspecified atom stereocenters. The summed E-state index contributed by atoms with van der Waals surface area (Å²) >= 11 is 1.71. The fourth-order valence-corrected chi connectivity index (χ4v) is 3.43. The Morgan fingerprint density at radius 3 is 2.62 bits per heavy atom. The van der Waals surface area contributed by atoms with Crippen molar-refractivity contribution in [3.05, 3.63) is 93.0 Å². The number of nitrogens with two attached hydrogens (primary N) is 1. The van der Waals surface area contributed by atoms with Gasteiger partial charge in [-0.3, -0.25) is 20.1 Å². The Labute approximate surface area is 172 Å². The minimum atomic E-state index is -0.395.